The summed E-state index contributed by atoms with van der Waals surface area (Å²) >= 11 is 6.02. The average Bonchev–Trinajstić information content (AvgIpc) is 2.39. The van der Waals surface area contributed by atoms with Crippen LogP contribution in [-0.2, 0) is 0 Å². The zero-order valence-electron chi connectivity index (χ0n) is 10.7. The molecule has 0 aliphatic heterocycles. The van der Waals surface area contributed by atoms with Gasteiger partial charge in [-0.1, -0.05) is 18.5 Å². The van der Waals surface area contributed by atoms with Crippen LogP contribution in [0.1, 0.15) is 6.92 Å². The van der Waals surface area contributed by atoms with Crippen LogP contribution in [-0.4, -0.2) is 54.1 Å². The fourth-order valence-corrected chi connectivity index (χ4v) is 1.74. The number of aliphatic hydroxyl groups is 2. The molecule has 1 heterocycles. The lowest BCUT2D eigenvalue weighted by Gasteiger charge is -2.31. The van der Waals surface area contributed by atoms with Crippen LogP contribution >= 0.6 is 11.6 Å². The Hall–Kier alpha value is -1.11. The maximum absolute atomic E-state index is 9.27. The number of hydrogen-bond acceptors (Lipinski definition) is 6. The van der Waals surface area contributed by atoms with Crippen LogP contribution in [0.2, 0.25) is 5.02 Å². The SMILES string of the molecule is COc1ncc(Cl)c(N(C)CC(C)(CO)CO)n1. The third-order valence-electron chi connectivity index (χ3n) is 2.63. The molecular weight excluding hydrogens is 258 g/mol. The first-order chi connectivity index (χ1) is 8.45. The average molecular weight is 276 g/mol. The van der Waals surface area contributed by atoms with Crippen LogP contribution in [0.3, 0.4) is 0 Å². The molecule has 0 fully saturated rings. The molecule has 2 N–H and O–H groups in total. The van der Waals surface area contributed by atoms with Crippen LogP contribution in [0.15, 0.2) is 6.20 Å². The van der Waals surface area contributed by atoms with Crippen molar-refractivity contribution in [3.63, 3.8) is 0 Å². The summed E-state index contributed by atoms with van der Waals surface area (Å²) in [5, 5.41) is 18.9. The highest BCUT2D eigenvalue weighted by atomic mass is 35.5. The lowest BCUT2D eigenvalue weighted by molar-refractivity contribution is 0.0761. The summed E-state index contributed by atoms with van der Waals surface area (Å²) in [6.07, 6.45) is 1.45. The minimum Gasteiger partial charge on any atom is -0.467 e. The molecule has 0 aliphatic carbocycles. The Morgan fingerprint density at radius 3 is 2.56 bits per heavy atom. The molecule has 0 aliphatic rings. The number of anilines is 1. The molecule has 0 unspecified atom stereocenters. The molecule has 0 saturated carbocycles. The van der Waals surface area contributed by atoms with Crippen LogP contribution < -0.4 is 9.64 Å². The number of methoxy groups -OCH3 is 1. The normalized spacial score (nSPS) is 11.4. The Bertz CT molecular complexity index is 399. The predicted molar refractivity (Wildman–Crippen MR) is 69.1 cm³/mol. The van der Waals surface area contributed by atoms with Crippen LogP contribution in [0.25, 0.3) is 0 Å². The van der Waals surface area contributed by atoms with Crippen LogP contribution in [0, 0.1) is 5.41 Å². The van der Waals surface area contributed by atoms with Crippen LogP contribution in [0.5, 0.6) is 6.01 Å². The standard InChI is InChI=1S/C11H18ClN3O3/c1-11(6-16,7-17)5-15(2)9-8(12)4-13-10(14-9)18-3/h4,16-17H,5-7H2,1-3H3. The molecule has 0 amide bonds. The Labute approximate surface area is 111 Å². The summed E-state index contributed by atoms with van der Waals surface area (Å²) in [5.74, 6) is 0.497. The third kappa shape index (κ3) is 3.44. The summed E-state index contributed by atoms with van der Waals surface area (Å²) in [5.41, 5.74) is -0.629. The molecule has 0 aromatic carbocycles. The Morgan fingerprint density at radius 1 is 1.44 bits per heavy atom. The second-order valence-electron chi connectivity index (χ2n) is 4.51. The zero-order chi connectivity index (χ0) is 13.8. The zero-order valence-corrected chi connectivity index (χ0v) is 11.5. The van der Waals surface area contributed by atoms with Gasteiger partial charge in [0, 0.05) is 19.0 Å². The second kappa shape index (κ2) is 6.17. The minimum absolute atomic E-state index is 0.131. The van der Waals surface area contributed by atoms with Crippen molar-refractivity contribution in [1.29, 1.82) is 0 Å². The number of nitrogens with zero attached hydrogens (tertiary/aromatic N) is 3. The highest BCUT2D eigenvalue weighted by Crippen LogP contribution is 2.26. The van der Waals surface area contributed by atoms with E-state index in [9.17, 15) is 10.2 Å². The summed E-state index contributed by atoms with van der Waals surface area (Å²) in [7, 11) is 3.25. The molecule has 0 radical (unpaired) electrons. The van der Waals surface area contributed by atoms with Crippen molar-refractivity contribution in [2.75, 3.05) is 38.8 Å². The van der Waals surface area contributed by atoms with Gasteiger partial charge in [0.1, 0.15) is 5.02 Å². The van der Waals surface area contributed by atoms with E-state index >= 15 is 0 Å². The molecule has 6 nitrogen and oxygen atoms in total. The monoisotopic (exact) mass is 275 g/mol. The second-order valence-corrected chi connectivity index (χ2v) is 4.92. The molecule has 0 bridgehead atoms. The predicted octanol–water partition coefficient (Wildman–Crippen LogP) is 0.566. The van der Waals surface area contributed by atoms with Crippen molar-refractivity contribution >= 4 is 17.4 Å². The Balaban J connectivity index is 2.92. The molecular formula is C11H18ClN3O3. The summed E-state index contributed by atoms with van der Waals surface area (Å²) < 4.78 is 4.94. The number of aromatic nitrogens is 2. The molecule has 1 aromatic rings. The topological polar surface area (TPSA) is 78.7 Å². The number of halogens is 1. The maximum atomic E-state index is 9.27. The van der Waals surface area contributed by atoms with Crippen molar-refractivity contribution in [1.82, 2.24) is 9.97 Å². The highest BCUT2D eigenvalue weighted by Gasteiger charge is 2.26. The van der Waals surface area contributed by atoms with Crippen molar-refractivity contribution < 1.29 is 14.9 Å². The van der Waals surface area contributed by atoms with Gasteiger partial charge in [-0.05, 0) is 0 Å². The van der Waals surface area contributed by atoms with E-state index < -0.39 is 5.41 Å². The Kier molecular flexibility index (Phi) is 5.13. The fraction of sp³-hybridized carbons (Fsp3) is 0.636. The molecule has 18 heavy (non-hydrogen) atoms. The first-order valence-electron chi connectivity index (χ1n) is 5.45. The van der Waals surface area contributed by atoms with Gasteiger partial charge >= 0.3 is 6.01 Å². The van der Waals surface area contributed by atoms with Gasteiger partial charge in [0.15, 0.2) is 5.82 Å². The van der Waals surface area contributed by atoms with E-state index in [1.807, 2.05) is 0 Å². The van der Waals surface area contributed by atoms with Gasteiger partial charge in [-0.15, -0.1) is 0 Å². The smallest absolute Gasteiger partial charge is 0.318 e. The highest BCUT2D eigenvalue weighted by molar-refractivity contribution is 6.32. The lowest BCUT2D eigenvalue weighted by Crippen LogP contribution is -2.39. The first kappa shape index (κ1) is 14.9. The summed E-state index contributed by atoms with van der Waals surface area (Å²) in [4.78, 5) is 9.78. The van der Waals surface area contributed by atoms with Crippen molar-refractivity contribution in [3.8, 4) is 6.01 Å². The van der Waals surface area contributed by atoms with Crippen molar-refractivity contribution in [3.05, 3.63) is 11.2 Å². The largest absolute Gasteiger partial charge is 0.467 e. The molecule has 1 aromatic heterocycles. The lowest BCUT2D eigenvalue weighted by atomic mass is 9.92. The number of rotatable bonds is 6. The van der Waals surface area contributed by atoms with E-state index in [2.05, 4.69) is 9.97 Å². The molecule has 0 atom stereocenters. The van der Waals surface area contributed by atoms with Gasteiger partial charge in [-0.25, -0.2) is 4.98 Å². The number of hydrogen-bond donors (Lipinski definition) is 2. The fourth-order valence-electron chi connectivity index (χ4n) is 1.51. The van der Waals surface area contributed by atoms with Crippen molar-refractivity contribution in [2.45, 2.75) is 6.92 Å². The minimum atomic E-state index is -0.629. The Morgan fingerprint density at radius 2 is 2.06 bits per heavy atom. The van der Waals surface area contributed by atoms with Gasteiger partial charge < -0.3 is 19.8 Å². The van der Waals surface area contributed by atoms with Gasteiger partial charge in [0.25, 0.3) is 0 Å². The van der Waals surface area contributed by atoms with Gasteiger partial charge in [-0.2, -0.15) is 4.98 Å². The quantitative estimate of drug-likeness (QED) is 0.790. The number of ether oxygens (including phenoxy) is 1. The molecule has 1 rings (SSSR count). The van der Waals surface area contributed by atoms with E-state index in [0.29, 0.717) is 17.4 Å². The summed E-state index contributed by atoms with van der Waals surface area (Å²) in [6.45, 7) is 1.91. The maximum Gasteiger partial charge on any atom is 0.318 e. The first-order valence-corrected chi connectivity index (χ1v) is 5.83. The number of aliphatic hydroxyl groups excluding tert-OH is 2. The molecule has 0 saturated heterocycles. The van der Waals surface area contributed by atoms with Gasteiger partial charge in [0.05, 0.1) is 26.5 Å². The molecule has 7 heteroatoms. The molecule has 102 valence electrons. The molecule has 0 spiro atoms. The van der Waals surface area contributed by atoms with Gasteiger partial charge in [-0.3, -0.25) is 0 Å². The third-order valence-corrected chi connectivity index (χ3v) is 2.90. The van der Waals surface area contributed by atoms with E-state index in [4.69, 9.17) is 16.3 Å². The van der Waals surface area contributed by atoms with E-state index in [0.717, 1.165) is 0 Å². The summed E-state index contributed by atoms with van der Waals surface area (Å²) in [6, 6.07) is 0.218. The van der Waals surface area contributed by atoms with E-state index in [1.165, 1.54) is 13.3 Å². The van der Waals surface area contributed by atoms with Crippen molar-refractivity contribution in [2.24, 2.45) is 5.41 Å². The van der Waals surface area contributed by atoms with E-state index in [1.54, 1.807) is 18.9 Å². The van der Waals surface area contributed by atoms with E-state index in [-0.39, 0.29) is 19.2 Å². The van der Waals surface area contributed by atoms with Crippen LogP contribution in [0.4, 0.5) is 5.82 Å². The van der Waals surface area contributed by atoms with Gasteiger partial charge in [0.2, 0.25) is 0 Å².